The zero-order valence-electron chi connectivity index (χ0n) is 17.3. The van der Waals surface area contributed by atoms with E-state index in [1.807, 2.05) is 38.3 Å². The Hall–Kier alpha value is -2.68. The van der Waals surface area contributed by atoms with Crippen LogP contribution in [0, 0.1) is 20.8 Å². The molecule has 1 heterocycles. The second-order valence-electron chi connectivity index (χ2n) is 7.00. The number of carbonyl (C=O) groups is 1. The first kappa shape index (κ1) is 23.0. The van der Waals surface area contributed by atoms with E-state index in [9.17, 15) is 13.2 Å². The highest BCUT2D eigenvalue weighted by molar-refractivity contribution is 7.92. The molecule has 0 radical (unpaired) electrons. The smallest absolute Gasteiger partial charge is 0.264 e. The normalized spacial score (nSPS) is 11.6. The summed E-state index contributed by atoms with van der Waals surface area (Å²) in [6.45, 7) is 5.35. The van der Waals surface area contributed by atoms with E-state index in [4.69, 9.17) is 11.6 Å². The number of sulfonamides is 1. The van der Waals surface area contributed by atoms with Crippen molar-refractivity contribution in [2.75, 3.05) is 10.8 Å². The van der Waals surface area contributed by atoms with Crippen molar-refractivity contribution in [1.82, 2.24) is 5.43 Å². The van der Waals surface area contributed by atoms with Crippen LogP contribution in [0.15, 0.2) is 63.9 Å². The lowest BCUT2D eigenvalue weighted by atomic mass is 10.1. The number of hydrogen-bond donors (Lipinski definition) is 1. The van der Waals surface area contributed by atoms with Gasteiger partial charge in [-0.3, -0.25) is 9.10 Å². The highest BCUT2D eigenvalue weighted by Gasteiger charge is 2.27. The highest BCUT2D eigenvalue weighted by atomic mass is 35.5. The summed E-state index contributed by atoms with van der Waals surface area (Å²) in [6, 6.07) is 13.0. The monoisotopic (exact) mass is 475 g/mol. The van der Waals surface area contributed by atoms with Crippen LogP contribution in [-0.2, 0) is 14.8 Å². The third-order valence-corrected chi connectivity index (χ3v) is 7.73. The van der Waals surface area contributed by atoms with Gasteiger partial charge in [-0.05, 0) is 85.3 Å². The second-order valence-corrected chi connectivity index (χ2v) is 10.2. The number of carbonyl (C=O) groups excluding carboxylic acids is 1. The van der Waals surface area contributed by atoms with Gasteiger partial charge in [-0.1, -0.05) is 17.7 Å². The standard InChI is InChI=1S/C22H22ClN3O3S2/c1-15-4-7-19(12-17(15)3)26(31(28,29)20-8-5-18(23)6-9-20)14-22(27)25-24-13-21-16(2)10-11-30-21/h4-13H,14H2,1-3H3,(H,25,27)/b24-13-. The van der Waals surface area contributed by atoms with Crippen molar-refractivity contribution in [3.8, 4) is 0 Å². The van der Waals surface area contributed by atoms with Crippen LogP contribution < -0.4 is 9.73 Å². The minimum atomic E-state index is -4.01. The van der Waals surface area contributed by atoms with E-state index in [2.05, 4.69) is 10.5 Å². The Labute approximate surface area is 191 Å². The molecule has 3 aromatic rings. The molecule has 0 unspecified atom stereocenters. The van der Waals surface area contributed by atoms with Crippen LogP contribution in [0.4, 0.5) is 5.69 Å². The first-order valence-electron chi connectivity index (χ1n) is 9.40. The fourth-order valence-electron chi connectivity index (χ4n) is 2.77. The van der Waals surface area contributed by atoms with E-state index in [1.165, 1.54) is 35.6 Å². The molecular weight excluding hydrogens is 454 g/mol. The number of aryl methyl sites for hydroxylation is 3. The maximum atomic E-state index is 13.3. The third kappa shape index (κ3) is 5.52. The molecule has 9 heteroatoms. The number of hydrazone groups is 1. The molecule has 0 aliphatic carbocycles. The third-order valence-electron chi connectivity index (χ3n) is 4.74. The largest absolute Gasteiger partial charge is 0.271 e. The van der Waals surface area contributed by atoms with Crippen molar-refractivity contribution in [3.63, 3.8) is 0 Å². The summed E-state index contributed by atoms with van der Waals surface area (Å²) in [6.07, 6.45) is 1.55. The molecule has 162 valence electrons. The van der Waals surface area contributed by atoms with Crippen LogP contribution in [0.2, 0.25) is 5.02 Å². The molecule has 0 saturated carbocycles. The number of nitrogens with zero attached hydrogens (tertiary/aromatic N) is 2. The van der Waals surface area contributed by atoms with Crippen LogP contribution in [0.3, 0.4) is 0 Å². The lowest BCUT2D eigenvalue weighted by Crippen LogP contribution is -2.39. The van der Waals surface area contributed by atoms with E-state index in [1.54, 1.807) is 18.3 Å². The Kier molecular flexibility index (Phi) is 7.15. The summed E-state index contributed by atoms with van der Waals surface area (Å²) in [7, 11) is -4.01. The van der Waals surface area contributed by atoms with E-state index in [-0.39, 0.29) is 4.90 Å². The number of benzene rings is 2. The van der Waals surface area contributed by atoms with Gasteiger partial charge in [0.25, 0.3) is 15.9 Å². The summed E-state index contributed by atoms with van der Waals surface area (Å²) >= 11 is 7.40. The Bertz CT molecular complexity index is 1220. The molecule has 0 aliphatic heterocycles. The fraction of sp³-hybridized carbons (Fsp3) is 0.182. The summed E-state index contributed by atoms with van der Waals surface area (Å²) in [4.78, 5) is 13.5. The Morgan fingerprint density at radius 3 is 2.39 bits per heavy atom. The van der Waals surface area contributed by atoms with Crippen molar-refractivity contribution < 1.29 is 13.2 Å². The molecule has 6 nitrogen and oxygen atoms in total. The van der Waals surface area contributed by atoms with Gasteiger partial charge in [-0.2, -0.15) is 5.10 Å². The number of amides is 1. The average Bonchev–Trinajstić information content (AvgIpc) is 3.13. The maximum absolute atomic E-state index is 13.3. The van der Waals surface area contributed by atoms with Crippen LogP contribution in [0.5, 0.6) is 0 Å². The van der Waals surface area contributed by atoms with Gasteiger partial charge in [0.15, 0.2) is 0 Å². The average molecular weight is 476 g/mol. The SMILES string of the molecule is Cc1ccc(N(CC(=O)N/N=C\c2sccc2C)S(=O)(=O)c2ccc(Cl)cc2)cc1C. The van der Waals surface area contributed by atoms with E-state index < -0.39 is 22.5 Å². The van der Waals surface area contributed by atoms with Crippen LogP contribution in [0.25, 0.3) is 0 Å². The second kappa shape index (κ2) is 9.64. The highest BCUT2D eigenvalue weighted by Crippen LogP contribution is 2.26. The van der Waals surface area contributed by atoms with Gasteiger partial charge in [0, 0.05) is 9.90 Å². The minimum absolute atomic E-state index is 0.0423. The molecule has 1 aromatic heterocycles. The van der Waals surface area contributed by atoms with E-state index >= 15 is 0 Å². The zero-order chi connectivity index (χ0) is 22.6. The topological polar surface area (TPSA) is 78.8 Å². The molecule has 0 spiro atoms. The van der Waals surface area contributed by atoms with Gasteiger partial charge in [-0.15, -0.1) is 11.3 Å². The van der Waals surface area contributed by atoms with Gasteiger partial charge in [0.05, 0.1) is 16.8 Å². The van der Waals surface area contributed by atoms with E-state index in [0.717, 1.165) is 25.9 Å². The summed E-state index contributed by atoms with van der Waals surface area (Å²) in [5, 5.41) is 6.32. The molecule has 1 amide bonds. The van der Waals surface area contributed by atoms with Crippen molar-refractivity contribution in [2.24, 2.45) is 5.10 Å². The van der Waals surface area contributed by atoms with Crippen LogP contribution in [-0.4, -0.2) is 27.1 Å². The molecule has 0 atom stereocenters. The summed E-state index contributed by atoms with van der Waals surface area (Å²) < 4.78 is 27.8. The number of rotatable bonds is 7. The molecule has 31 heavy (non-hydrogen) atoms. The Morgan fingerprint density at radius 2 is 1.77 bits per heavy atom. The number of hydrogen-bond acceptors (Lipinski definition) is 5. The van der Waals surface area contributed by atoms with Gasteiger partial charge in [-0.25, -0.2) is 13.8 Å². The molecule has 0 fully saturated rings. The minimum Gasteiger partial charge on any atom is -0.271 e. The number of anilines is 1. The van der Waals surface area contributed by atoms with Gasteiger partial charge in [0.2, 0.25) is 0 Å². The first-order valence-corrected chi connectivity index (χ1v) is 12.1. The molecule has 1 N–H and O–H groups in total. The van der Waals surface area contributed by atoms with Gasteiger partial charge in [0.1, 0.15) is 6.54 Å². The number of nitrogens with one attached hydrogen (secondary N) is 1. The predicted octanol–water partition coefficient (Wildman–Crippen LogP) is 4.67. The quantitative estimate of drug-likeness (QED) is 0.398. The zero-order valence-corrected chi connectivity index (χ0v) is 19.7. The number of halogens is 1. The van der Waals surface area contributed by atoms with Crippen LogP contribution >= 0.6 is 22.9 Å². The Balaban J connectivity index is 1.89. The van der Waals surface area contributed by atoms with Crippen LogP contribution in [0.1, 0.15) is 21.6 Å². The number of thiophene rings is 1. The molecular formula is C22H22ClN3O3S2. The molecule has 2 aromatic carbocycles. The summed E-state index contributed by atoms with van der Waals surface area (Å²) in [5.41, 5.74) is 5.80. The lowest BCUT2D eigenvalue weighted by Gasteiger charge is -2.24. The summed E-state index contributed by atoms with van der Waals surface area (Å²) in [5.74, 6) is -0.554. The first-order chi connectivity index (χ1) is 14.7. The van der Waals surface area contributed by atoms with Crippen molar-refractivity contribution in [3.05, 3.63) is 80.5 Å². The lowest BCUT2D eigenvalue weighted by molar-refractivity contribution is -0.119. The molecule has 0 bridgehead atoms. The van der Waals surface area contributed by atoms with Crippen molar-refractivity contribution in [1.29, 1.82) is 0 Å². The predicted molar refractivity (Wildman–Crippen MR) is 127 cm³/mol. The van der Waals surface area contributed by atoms with Gasteiger partial charge >= 0.3 is 0 Å². The van der Waals surface area contributed by atoms with E-state index in [0.29, 0.717) is 10.7 Å². The molecule has 0 aliphatic rings. The fourth-order valence-corrected chi connectivity index (χ4v) is 5.10. The molecule has 0 saturated heterocycles. The van der Waals surface area contributed by atoms with Gasteiger partial charge < -0.3 is 0 Å². The maximum Gasteiger partial charge on any atom is 0.264 e. The van der Waals surface area contributed by atoms with Crippen molar-refractivity contribution >= 4 is 50.8 Å². The van der Waals surface area contributed by atoms with Crippen molar-refractivity contribution in [2.45, 2.75) is 25.7 Å². The Morgan fingerprint density at radius 1 is 1.06 bits per heavy atom. The molecule has 3 rings (SSSR count).